The fourth-order valence-corrected chi connectivity index (χ4v) is 3.34. The van der Waals surface area contributed by atoms with Crippen molar-refractivity contribution in [2.24, 2.45) is 0 Å². The Labute approximate surface area is 162 Å². The number of halogens is 1. The van der Waals surface area contributed by atoms with Crippen LogP contribution in [0.15, 0.2) is 47.1 Å². The Bertz CT molecular complexity index is 733. The Morgan fingerprint density at radius 2 is 2.08 bits per heavy atom. The molecule has 3 rings (SSSR count). The van der Waals surface area contributed by atoms with Gasteiger partial charge in [0.15, 0.2) is 0 Å². The Morgan fingerprint density at radius 1 is 1.23 bits per heavy atom. The van der Waals surface area contributed by atoms with Gasteiger partial charge in [-0.1, -0.05) is 22.0 Å². The summed E-state index contributed by atoms with van der Waals surface area (Å²) in [5, 5.41) is 2.98. The molecule has 1 saturated heterocycles. The van der Waals surface area contributed by atoms with Gasteiger partial charge in [-0.3, -0.25) is 4.79 Å². The molecule has 6 heteroatoms. The lowest BCUT2D eigenvalue weighted by molar-refractivity contribution is -0.121. The fourth-order valence-electron chi connectivity index (χ4n) is 2.96. The first-order valence-corrected chi connectivity index (χ1v) is 9.85. The summed E-state index contributed by atoms with van der Waals surface area (Å²) in [6.45, 7) is 3.20. The van der Waals surface area contributed by atoms with Crippen molar-refractivity contribution >= 4 is 27.7 Å². The Hall–Kier alpha value is -2.08. The summed E-state index contributed by atoms with van der Waals surface area (Å²) >= 11 is 3.41. The number of hydrogen-bond donors (Lipinski definition) is 1. The van der Waals surface area contributed by atoms with E-state index in [9.17, 15) is 4.79 Å². The molecule has 0 atom stereocenters. The zero-order valence-corrected chi connectivity index (χ0v) is 16.4. The number of benzene rings is 1. The van der Waals surface area contributed by atoms with E-state index in [-0.39, 0.29) is 5.91 Å². The summed E-state index contributed by atoms with van der Waals surface area (Å²) in [4.78, 5) is 18.8. The van der Waals surface area contributed by atoms with Crippen molar-refractivity contribution < 1.29 is 9.53 Å². The van der Waals surface area contributed by atoms with Gasteiger partial charge >= 0.3 is 0 Å². The lowest BCUT2D eigenvalue weighted by atomic mass is 10.2. The summed E-state index contributed by atoms with van der Waals surface area (Å²) < 4.78 is 6.63. The minimum atomic E-state index is 0.0439. The Morgan fingerprint density at radius 3 is 2.88 bits per heavy atom. The number of hydrogen-bond acceptors (Lipinski definition) is 4. The largest absolute Gasteiger partial charge is 0.494 e. The maximum atomic E-state index is 12.0. The summed E-state index contributed by atoms with van der Waals surface area (Å²) in [5.74, 6) is 1.87. The van der Waals surface area contributed by atoms with Crippen LogP contribution in [0.3, 0.4) is 0 Å². The summed E-state index contributed by atoms with van der Waals surface area (Å²) in [5.41, 5.74) is 1.08. The van der Waals surface area contributed by atoms with E-state index in [4.69, 9.17) is 4.74 Å². The van der Waals surface area contributed by atoms with E-state index >= 15 is 0 Å². The molecule has 0 unspecified atom stereocenters. The lowest BCUT2D eigenvalue weighted by Gasteiger charge is -2.17. The van der Waals surface area contributed by atoms with E-state index in [1.807, 2.05) is 36.5 Å². The van der Waals surface area contributed by atoms with E-state index in [0.717, 1.165) is 34.7 Å². The second kappa shape index (κ2) is 9.57. The van der Waals surface area contributed by atoms with Crippen LogP contribution in [0.25, 0.3) is 0 Å². The van der Waals surface area contributed by atoms with Crippen molar-refractivity contribution in [1.82, 2.24) is 10.3 Å². The number of rotatable bonds is 8. The van der Waals surface area contributed by atoms with Crippen LogP contribution < -0.4 is 15.0 Å². The fraction of sp³-hybridized carbons (Fsp3) is 0.400. The minimum absolute atomic E-state index is 0.0439. The van der Waals surface area contributed by atoms with Gasteiger partial charge in [0.2, 0.25) is 5.91 Å². The van der Waals surface area contributed by atoms with Gasteiger partial charge in [0.05, 0.1) is 6.61 Å². The number of nitrogens with one attached hydrogen (secondary N) is 1. The van der Waals surface area contributed by atoms with E-state index in [2.05, 4.69) is 37.2 Å². The predicted molar refractivity (Wildman–Crippen MR) is 106 cm³/mol. The van der Waals surface area contributed by atoms with Crippen LogP contribution in [0.2, 0.25) is 0 Å². The molecule has 26 heavy (non-hydrogen) atoms. The van der Waals surface area contributed by atoms with Gasteiger partial charge in [-0.25, -0.2) is 4.98 Å². The number of anilines is 1. The van der Waals surface area contributed by atoms with E-state index < -0.39 is 0 Å². The highest BCUT2D eigenvalue weighted by atomic mass is 79.9. The standard InChI is InChI=1S/C20H24BrN3O2/c21-17-5-3-6-18(14-17)26-12-4-7-20(25)23-15-16-8-9-22-19(13-16)24-10-1-2-11-24/h3,5-6,8-9,13-14H,1-2,4,7,10-12,15H2,(H,23,25). The van der Waals surface area contributed by atoms with Crippen LogP contribution in [0.4, 0.5) is 5.82 Å². The summed E-state index contributed by atoms with van der Waals surface area (Å²) in [6, 6.07) is 11.7. The molecule has 1 aromatic heterocycles. The van der Waals surface area contributed by atoms with Crippen LogP contribution in [0.5, 0.6) is 5.75 Å². The first-order chi connectivity index (χ1) is 12.7. The zero-order valence-electron chi connectivity index (χ0n) is 14.8. The molecular weight excluding hydrogens is 394 g/mol. The van der Waals surface area contributed by atoms with Gasteiger partial charge in [-0.05, 0) is 55.2 Å². The lowest BCUT2D eigenvalue weighted by Crippen LogP contribution is -2.23. The number of pyridine rings is 1. The molecule has 1 aliphatic heterocycles. The third-order valence-electron chi connectivity index (χ3n) is 4.34. The monoisotopic (exact) mass is 417 g/mol. The van der Waals surface area contributed by atoms with Gasteiger partial charge in [0.25, 0.3) is 0 Å². The maximum Gasteiger partial charge on any atom is 0.220 e. The molecule has 1 amide bonds. The zero-order chi connectivity index (χ0) is 18.2. The molecule has 0 radical (unpaired) electrons. The highest BCUT2D eigenvalue weighted by Crippen LogP contribution is 2.19. The molecular formula is C20H24BrN3O2. The molecule has 2 aromatic rings. The van der Waals surface area contributed by atoms with Crippen molar-refractivity contribution in [3.05, 3.63) is 52.6 Å². The minimum Gasteiger partial charge on any atom is -0.494 e. The molecule has 0 bridgehead atoms. The number of carbonyl (C=O) groups is 1. The molecule has 5 nitrogen and oxygen atoms in total. The highest BCUT2D eigenvalue weighted by molar-refractivity contribution is 9.10. The van der Waals surface area contributed by atoms with Crippen molar-refractivity contribution in [1.29, 1.82) is 0 Å². The normalized spacial score (nSPS) is 13.7. The summed E-state index contributed by atoms with van der Waals surface area (Å²) in [6.07, 6.45) is 5.42. The SMILES string of the molecule is O=C(CCCOc1cccc(Br)c1)NCc1ccnc(N2CCCC2)c1. The van der Waals surface area contributed by atoms with Crippen molar-refractivity contribution in [2.45, 2.75) is 32.2 Å². The quantitative estimate of drug-likeness (QED) is 0.661. The number of ether oxygens (including phenoxy) is 1. The highest BCUT2D eigenvalue weighted by Gasteiger charge is 2.13. The Balaban J connectivity index is 1.37. The number of aromatic nitrogens is 1. The first-order valence-electron chi connectivity index (χ1n) is 9.06. The molecule has 1 aliphatic rings. The van der Waals surface area contributed by atoms with Gasteiger partial charge in [-0.15, -0.1) is 0 Å². The van der Waals surface area contributed by atoms with Crippen molar-refractivity contribution in [3.8, 4) is 5.75 Å². The van der Waals surface area contributed by atoms with E-state index in [1.165, 1.54) is 12.8 Å². The van der Waals surface area contributed by atoms with Crippen LogP contribution in [0, 0.1) is 0 Å². The summed E-state index contributed by atoms with van der Waals surface area (Å²) in [7, 11) is 0. The third-order valence-corrected chi connectivity index (χ3v) is 4.84. The maximum absolute atomic E-state index is 12.0. The molecule has 1 aromatic carbocycles. The molecule has 1 fully saturated rings. The second-order valence-electron chi connectivity index (χ2n) is 6.40. The number of amides is 1. The molecule has 2 heterocycles. The second-order valence-corrected chi connectivity index (χ2v) is 7.32. The third kappa shape index (κ3) is 5.73. The molecule has 0 aliphatic carbocycles. The van der Waals surface area contributed by atoms with Crippen LogP contribution in [-0.2, 0) is 11.3 Å². The van der Waals surface area contributed by atoms with Crippen LogP contribution in [0.1, 0.15) is 31.2 Å². The average molecular weight is 418 g/mol. The smallest absolute Gasteiger partial charge is 0.220 e. The van der Waals surface area contributed by atoms with E-state index in [1.54, 1.807) is 0 Å². The number of carbonyl (C=O) groups excluding carboxylic acids is 1. The number of nitrogens with zero attached hydrogens (tertiary/aromatic N) is 2. The molecule has 1 N–H and O–H groups in total. The first kappa shape index (κ1) is 18.7. The van der Waals surface area contributed by atoms with Crippen molar-refractivity contribution in [2.75, 3.05) is 24.6 Å². The van der Waals surface area contributed by atoms with Gasteiger partial charge in [-0.2, -0.15) is 0 Å². The molecule has 0 saturated carbocycles. The van der Waals surface area contributed by atoms with Gasteiger partial charge < -0.3 is 15.0 Å². The van der Waals surface area contributed by atoms with Crippen LogP contribution >= 0.6 is 15.9 Å². The van der Waals surface area contributed by atoms with Gasteiger partial charge in [0.1, 0.15) is 11.6 Å². The average Bonchev–Trinajstić information content (AvgIpc) is 3.19. The van der Waals surface area contributed by atoms with Gasteiger partial charge in [0, 0.05) is 36.7 Å². The predicted octanol–water partition coefficient (Wildman–Crippen LogP) is 3.92. The molecule has 0 spiro atoms. The van der Waals surface area contributed by atoms with Crippen molar-refractivity contribution in [3.63, 3.8) is 0 Å². The van der Waals surface area contributed by atoms with E-state index in [0.29, 0.717) is 26.0 Å². The van der Waals surface area contributed by atoms with Crippen LogP contribution in [-0.4, -0.2) is 30.6 Å². The Kier molecular flexibility index (Phi) is 6.89. The molecule has 138 valence electrons. The topological polar surface area (TPSA) is 54.5 Å².